The largest absolute Gasteiger partial charge is 0.301 e. The van der Waals surface area contributed by atoms with Gasteiger partial charge >= 0.3 is 0 Å². The van der Waals surface area contributed by atoms with Crippen molar-refractivity contribution in [2.75, 3.05) is 13.6 Å². The zero-order valence-electron chi connectivity index (χ0n) is 8.77. The molecule has 76 valence electrons. The van der Waals surface area contributed by atoms with Crippen LogP contribution in [0.3, 0.4) is 0 Å². The first-order chi connectivity index (χ1) is 7.26. The van der Waals surface area contributed by atoms with E-state index in [1.54, 1.807) is 0 Å². The molecule has 0 unspecified atom stereocenters. The van der Waals surface area contributed by atoms with Crippen LogP contribution in [0.25, 0.3) is 0 Å². The van der Waals surface area contributed by atoms with E-state index < -0.39 is 0 Å². The second kappa shape index (κ2) is 5.80. The van der Waals surface area contributed by atoms with Crippen LogP contribution in [0.2, 0.25) is 0 Å². The third-order valence-corrected chi connectivity index (χ3v) is 2.14. The van der Waals surface area contributed by atoms with Gasteiger partial charge in [0.25, 0.3) is 0 Å². The molecule has 1 rings (SSSR count). The van der Waals surface area contributed by atoms with Crippen molar-refractivity contribution < 1.29 is 0 Å². The van der Waals surface area contributed by atoms with Crippen molar-refractivity contribution >= 4 is 0 Å². The van der Waals surface area contributed by atoms with Gasteiger partial charge in [-0.25, -0.2) is 0 Å². The highest BCUT2D eigenvalue weighted by Crippen LogP contribution is 2.05. The van der Waals surface area contributed by atoms with Crippen LogP contribution in [0.1, 0.15) is 17.5 Å². The van der Waals surface area contributed by atoms with Gasteiger partial charge < -0.3 is 4.90 Å². The van der Waals surface area contributed by atoms with Gasteiger partial charge in [-0.15, -0.1) is 0 Å². The molecule has 0 amide bonds. The van der Waals surface area contributed by atoms with E-state index in [2.05, 4.69) is 17.0 Å². The van der Waals surface area contributed by atoms with Crippen molar-refractivity contribution in [3.8, 4) is 12.1 Å². The smallest absolute Gasteiger partial charge is 0.0991 e. The summed E-state index contributed by atoms with van der Waals surface area (Å²) in [4.78, 5) is 2.09. The average molecular weight is 199 g/mol. The summed E-state index contributed by atoms with van der Waals surface area (Å²) in [5.41, 5.74) is 1.84. The Morgan fingerprint density at radius 2 is 1.87 bits per heavy atom. The van der Waals surface area contributed by atoms with Gasteiger partial charge in [-0.3, -0.25) is 0 Å². The van der Waals surface area contributed by atoms with Crippen LogP contribution in [0.4, 0.5) is 0 Å². The normalized spacial score (nSPS) is 9.60. The molecule has 0 aliphatic heterocycles. The zero-order valence-corrected chi connectivity index (χ0v) is 8.77. The molecule has 0 bridgehead atoms. The van der Waals surface area contributed by atoms with Gasteiger partial charge in [-0.1, -0.05) is 12.1 Å². The summed E-state index contributed by atoms with van der Waals surface area (Å²) in [5.74, 6) is 0. The Bertz CT molecular complexity index is 381. The molecule has 15 heavy (non-hydrogen) atoms. The Kier molecular flexibility index (Phi) is 4.34. The quantitative estimate of drug-likeness (QED) is 0.744. The minimum atomic E-state index is 0.548. The van der Waals surface area contributed by atoms with Crippen molar-refractivity contribution in [2.45, 2.75) is 13.0 Å². The van der Waals surface area contributed by atoms with Gasteiger partial charge in [-0.2, -0.15) is 10.5 Å². The number of benzene rings is 1. The zero-order chi connectivity index (χ0) is 11.1. The minimum Gasteiger partial charge on any atom is -0.301 e. The molecule has 1 aromatic carbocycles. The Balaban J connectivity index is 2.51. The van der Waals surface area contributed by atoms with Crippen LogP contribution < -0.4 is 0 Å². The third kappa shape index (κ3) is 3.81. The molecule has 0 aliphatic carbocycles. The van der Waals surface area contributed by atoms with Crippen molar-refractivity contribution in [2.24, 2.45) is 0 Å². The Morgan fingerprint density at radius 1 is 1.20 bits per heavy atom. The van der Waals surface area contributed by atoms with E-state index in [-0.39, 0.29) is 0 Å². The van der Waals surface area contributed by atoms with Crippen LogP contribution in [0.15, 0.2) is 24.3 Å². The number of hydrogen-bond acceptors (Lipinski definition) is 3. The summed E-state index contributed by atoms with van der Waals surface area (Å²) >= 11 is 0. The van der Waals surface area contributed by atoms with Crippen LogP contribution in [0, 0.1) is 22.7 Å². The number of rotatable bonds is 4. The molecule has 3 heteroatoms. The maximum Gasteiger partial charge on any atom is 0.0991 e. The van der Waals surface area contributed by atoms with E-state index in [1.807, 2.05) is 31.3 Å². The fraction of sp³-hybridized carbons (Fsp3) is 0.333. The lowest BCUT2D eigenvalue weighted by atomic mass is 10.1. The Labute approximate surface area is 90.2 Å². The molecule has 0 aromatic heterocycles. The third-order valence-electron chi connectivity index (χ3n) is 2.14. The van der Waals surface area contributed by atoms with E-state index in [4.69, 9.17) is 10.5 Å². The molecule has 0 aliphatic rings. The van der Waals surface area contributed by atoms with Crippen molar-refractivity contribution in [1.29, 1.82) is 10.5 Å². The lowest BCUT2D eigenvalue weighted by molar-refractivity contribution is 0.335. The number of nitrogens with zero attached hydrogens (tertiary/aromatic N) is 3. The SMILES string of the molecule is CN(CCC#N)Cc1ccc(C#N)cc1. The topological polar surface area (TPSA) is 50.8 Å². The molecule has 0 radical (unpaired) electrons. The first-order valence-corrected chi connectivity index (χ1v) is 4.81. The van der Waals surface area contributed by atoms with E-state index in [9.17, 15) is 0 Å². The van der Waals surface area contributed by atoms with E-state index >= 15 is 0 Å². The van der Waals surface area contributed by atoms with Crippen molar-refractivity contribution in [1.82, 2.24) is 4.90 Å². The highest BCUT2D eigenvalue weighted by atomic mass is 15.1. The molecule has 0 spiro atoms. The first-order valence-electron chi connectivity index (χ1n) is 4.81. The summed E-state index contributed by atoms with van der Waals surface area (Å²) in [5, 5.41) is 17.1. The van der Waals surface area contributed by atoms with Crippen LogP contribution in [0.5, 0.6) is 0 Å². The molecular formula is C12H13N3. The molecule has 0 saturated heterocycles. The van der Waals surface area contributed by atoms with E-state index in [0.29, 0.717) is 12.0 Å². The molecule has 0 saturated carbocycles. The summed E-state index contributed by atoms with van der Waals surface area (Å²) in [6, 6.07) is 11.7. The highest BCUT2D eigenvalue weighted by Gasteiger charge is 1.99. The predicted molar refractivity (Wildman–Crippen MR) is 57.7 cm³/mol. The van der Waals surface area contributed by atoms with Gasteiger partial charge in [-0.05, 0) is 24.7 Å². The van der Waals surface area contributed by atoms with E-state index in [1.165, 1.54) is 0 Å². The van der Waals surface area contributed by atoms with Gasteiger partial charge in [0.1, 0.15) is 0 Å². The lowest BCUT2D eigenvalue weighted by Gasteiger charge is -2.14. The Morgan fingerprint density at radius 3 is 2.40 bits per heavy atom. The van der Waals surface area contributed by atoms with Crippen LogP contribution >= 0.6 is 0 Å². The van der Waals surface area contributed by atoms with Gasteiger partial charge in [0.2, 0.25) is 0 Å². The molecule has 3 nitrogen and oxygen atoms in total. The minimum absolute atomic E-state index is 0.548. The molecule has 0 fully saturated rings. The number of nitriles is 2. The standard InChI is InChI=1S/C12H13N3/c1-15(8-2-7-13)10-12-5-3-11(9-14)4-6-12/h3-6H,2,8,10H2,1H3. The highest BCUT2D eigenvalue weighted by molar-refractivity contribution is 5.31. The summed E-state index contributed by atoms with van der Waals surface area (Å²) < 4.78 is 0. The fourth-order valence-corrected chi connectivity index (χ4v) is 1.32. The summed E-state index contributed by atoms with van der Waals surface area (Å²) in [6.45, 7) is 1.59. The van der Waals surface area contributed by atoms with Crippen molar-refractivity contribution in [3.63, 3.8) is 0 Å². The van der Waals surface area contributed by atoms with Gasteiger partial charge in [0.05, 0.1) is 17.7 Å². The first kappa shape index (κ1) is 11.2. The van der Waals surface area contributed by atoms with Crippen molar-refractivity contribution in [3.05, 3.63) is 35.4 Å². The predicted octanol–water partition coefficient (Wildman–Crippen LogP) is 1.90. The monoisotopic (exact) mass is 199 g/mol. The number of hydrogen-bond donors (Lipinski definition) is 0. The molecule has 1 aromatic rings. The maximum absolute atomic E-state index is 8.63. The molecular weight excluding hydrogens is 186 g/mol. The van der Waals surface area contributed by atoms with Gasteiger partial charge in [0.15, 0.2) is 0 Å². The molecule has 0 heterocycles. The lowest BCUT2D eigenvalue weighted by Crippen LogP contribution is -2.18. The second-order valence-corrected chi connectivity index (χ2v) is 3.45. The second-order valence-electron chi connectivity index (χ2n) is 3.45. The molecule has 0 N–H and O–H groups in total. The van der Waals surface area contributed by atoms with Crippen LogP contribution in [-0.2, 0) is 6.54 Å². The van der Waals surface area contributed by atoms with Gasteiger partial charge in [0, 0.05) is 19.5 Å². The fourth-order valence-electron chi connectivity index (χ4n) is 1.32. The average Bonchev–Trinajstić information content (AvgIpc) is 2.27. The Hall–Kier alpha value is -1.84. The summed E-state index contributed by atoms with van der Waals surface area (Å²) in [7, 11) is 1.98. The molecule has 0 atom stereocenters. The van der Waals surface area contributed by atoms with E-state index in [0.717, 1.165) is 18.7 Å². The summed E-state index contributed by atoms with van der Waals surface area (Å²) in [6.07, 6.45) is 0.548. The maximum atomic E-state index is 8.63. The van der Waals surface area contributed by atoms with Crippen LogP contribution in [-0.4, -0.2) is 18.5 Å².